The van der Waals surface area contributed by atoms with Crippen molar-refractivity contribution in [2.75, 3.05) is 6.54 Å². The predicted molar refractivity (Wildman–Crippen MR) is 86.0 cm³/mol. The normalized spacial score (nSPS) is 16.9. The predicted octanol–water partition coefficient (Wildman–Crippen LogP) is 2.92. The van der Waals surface area contributed by atoms with E-state index in [1.807, 2.05) is 13.8 Å². The third-order valence-corrected chi connectivity index (χ3v) is 5.58. The van der Waals surface area contributed by atoms with Gasteiger partial charge in [0.05, 0.1) is 4.90 Å². The fraction of sp³-hybridized carbons (Fsp3) is 0.600. The van der Waals surface area contributed by atoms with Crippen molar-refractivity contribution in [3.05, 3.63) is 28.8 Å². The number of nitrogens with one attached hydrogen (secondary N) is 2. The highest BCUT2D eigenvalue weighted by Gasteiger charge is 2.26. The Hall–Kier alpha value is -0.620. The van der Waals surface area contributed by atoms with Crippen LogP contribution in [0.2, 0.25) is 5.02 Å². The van der Waals surface area contributed by atoms with Crippen LogP contribution >= 0.6 is 11.6 Å². The van der Waals surface area contributed by atoms with E-state index in [0.717, 1.165) is 18.5 Å². The molecular formula is C15H23ClN2O2S. The molecule has 1 aromatic rings. The number of hydrogen-bond donors (Lipinski definition) is 2. The Labute approximate surface area is 132 Å². The summed E-state index contributed by atoms with van der Waals surface area (Å²) in [6.45, 7) is 5.41. The first-order chi connectivity index (χ1) is 9.92. The van der Waals surface area contributed by atoms with E-state index in [1.54, 1.807) is 12.1 Å². The lowest BCUT2D eigenvalue weighted by Gasteiger charge is -2.14. The Bertz CT molecular complexity index is 585. The van der Waals surface area contributed by atoms with Gasteiger partial charge in [-0.2, -0.15) is 0 Å². The number of benzene rings is 1. The lowest BCUT2D eigenvalue weighted by Crippen LogP contribution is -2.33. The summed E-state index contributed by atoms with van der Waals surface area (Å²) >= 11 is 6.17. The number of hydrogen-bond acceptors (Lipinski definition) is 3. The Balaban J connectivity index is 2.06. The number of rotatable bonds is 8. The molecule has 2 N–H and O–H groups in total. The highest BCUT2D eigenvalue weighted by atomic mass is 35.5. The minimum absolute atomic E-state index is 0.0392. The van der Waals surface area contributed by atoms with Crippen LogP contribution in [0.3, 0.4) is 0 Å². The standard InChI is InChI=1S/C15H23ClN2O2S/c1-3-17-10-13-6-7-14(9-15(13)16)21(19,20)18-11(2)8-12-4-5-12/h6-7,9,11-12,17-18H,3-5,8,10H2,1-2H3. The molecule has 2 rings (SSSR count). The molecule has 1 unspecified atom stereocenters. The first-order valence-electron chi connectivity index (χ1n) is 7.44. The van der Waals surface area contributed by atoms with Crippen LogP contribution < -0.4 is 10.0 Å². The van der Waals surface area contributed by atoms with Crippen LogP contribution in [0.1, 0.15) is 38.7 Å². The summed E-state index contributed by atoms with van der Waals surface area (Å²) in [5.41, 5.74) is 0.906. The Morgan fingerprint density at radius 2 is 2.10 bits per heavy atom. The molecular weight excluding hydrogens is 308 g/mol. The van der Waals surface area contributed by atoms with Crippen LogP contribution in [0.25, 0.3) is 0 Å². The van der Waals surface area contributed by atoms with Gasteiger partial charge in [0.15, 0.2) is 0 Å². The maximum atomic E-state index is 12.3. The van der Waals surface area contributed by atoms with Gasteiger partial charge >= 0.3 is 0 Å². The van der Waals surface area contributed by atoms with Crippen molar-refractivity contribution in [1.29, 1.82) is 0 Å². The smallest absolute Gasteiger partial charge is 0.240 e. The van der Waals surface area contributed by atoms with E-state index in [4.69, 9.17) is 11.6 Å². The molecule has 1 saturated carbocycles. The molecule has 0 spiro atoms. The molecule has 6 heteroatoms. The minimum atomic E-state index is -3.49. The topological polar surface area (TPSA) is 58.2 Å². The highest BCUT2D eigenvalue weighted by Crippen LogP contribution is 2.33. The largest absolute Gasteiger partial charge is 0.313 e. The van der Waals surface area contributed by atoms with E-state index >= 15 is 0 Å². The van der Waals surface area contributed by atoms with Crippen molar-refractivity contribution >= 4 is 21.6 Å². The lowest BCUT2D eigenvalue weighted by molar-refractivity contribution is 0.530. The quantitative estimate of drug-likeness (QED) is 0.770. The van der Waals surface area contributed by atoms with Crippen molar-refractivity contribution < 1.29 is 8.42 Å². The van der Waals surface area contributed by atoms with Crippen molar-refractivity contribution in [2.45, 2.75) is 50.6 Å². The zero-order valence-electron chi connectivity index (χ0n) is 12.5. The number of sulfonamides is 1. The molecule has 0 radical (unpaired) electrons. The molecule has 1 fully saturated rings. The SMILES string of the molecule is CCNCc1ccc(S(=O)(=O)NC(C)CC2CC2)cc1Cl. The summed E-state index contributed by atoms with van der Waals surface area (Å²) in [4.78, 5) is 0.232. The van der Waals surface area contributed by atoms with Gasteiger partial charge in [-0.1, -0.05) is 37.4 Å². The van der Waals surface area contributed by atoms with Gasteiger partial charge in [0, 0.05) is 17.6 Å². The maximum absolute atomic E-state index is 12.3. The highest BCUT2D eigenvalue weighted by molar-refractivity contribution is 7.89. The molecule has 21 heavy (non-hydrogen) atoms. The molecule has 1 aliphatic carbocycles. The molecule has 1 aliphatic rings. The third-order valence-electron chi connectivity index (χ3n) is 3.64. The van der Waals surface area contributed by atoms with E-state index in [-0.39, 0.29) is 10.9 Å². The zero-order chi connectivity index (χ0) is 15.5. The molecule has 4 nitrogen and oxygen atoms in total. The monoisotopic (exact) mass is 330 g/mol. The Morgan fingerprint density at radius 3 is 2.67 bits per heavy atom. The fourth-order valence-electron chi connectivity index (χ4n) is 2.33. The molecule has 1 aromatic carbocycles. The van der Waals surface area contributed by atoms with Gasteiger partial charge in [0.25, 0.3) is 0 Å². The second-order valence-corrected chi connectivity index (χ2v) is 7.86. The van der Waals surface area contributed by atoms with Crippen LogP contribution in [-0.2, 0) is 16.6 Å². The van der Waals surface area contributed by atoms with E-state index in [2.05, 4.69) is 10.0 Å². The van der Waals surface area contributed by atoms with Gasteiger partial charge in [-0.3, -0.25) is 0 Å². The van der Waals surface area contributed by atoms with Crippen LogP contribution in [0, 0.1) is 5.92 Å². The summed E-state index contributed by atoms with van der Waals surface area (Å²) in [5.74, 6) is 0.689. The van der Waals surface area contributed by atoms with Gasteiger partial charge in [-0.05, 0) is 43.5 Å². The lowest BCUT2D eigenvalue weighted by atomic mass is 10.2. The van der Waals surface area contributed by atoms with Crippen LogP contribution in [0.4, 0.5) is 0 Å². The van der Waals surface area contributed by atoms with Gasteiger partial charge in [-0.15, -0.1) is 0 Å². The molecule has 118 valence electrons. The van der Waals surface area contributed by atoms with Crippen LogP contribution in [0.5, 0.6) is 0 Å². The van der Waals surface area contributed by atoms with Gasteiger partial charge < -0.3 is 5.32 Å². The molecule has 0 heterocycles. The molecule has 0 aliphatic heterocycles. The van der Waals surface area contributed by atoms with E-state index in [1.165, 1.54) is 18.9 Å². The van der Waals surface area contributed by atoms with Crippen LogP contribution in [-0.4, -0.2) is 21.0 Å². The van der Waals surface area contributed by atoms with Crippen molar-refractivity contribution in [2.24, 2.45) is 5.92 Å². The van der Waals surface area contributed by atoms with Crippen molar-refractivity contribution in [3.63, 3.8) is 0 Å². The zero-order valence-corrected chi connectivity index (χ0v) is 14.1. The average Bonchev–Trinajstić information content (AvgIpc) is 3.20. The summed E-state index contributed by atoms with van der Waals surface area (Å²) in [5, 5.41) is 3.66. The Kier molecular flexibility index (Phi) is 5.66. The molecule has 0 aromatic heterocycles. The second-order valence-electron chi connectivity index (χ2n) is 5.73. The fourth-order valence-corrected chi connectivity index (χ4v) is 3.93. The Morgan fingerprint density at radius 1 is 1.38 bits per heavy atom. The second kappa shape index (κ2) is 7.09. The van der Waals surface area contributed by atoms with Crippen molar-refractivity contribution in [3.8, 4) is 0 Å². The summed E-state index contributed by atoms with van der Waals surface area (Å²) < 4.78 is 27.4. The van der Waals surface area contributed by atoms with Crippen molar-refractivity contribution in [1.82, 2.24) is 10.0 Å². The first kappa shape index (κ1) is 16.7. The summed E-state index contributed by atoms with van der Waals surface area (Å²) in [6, 6.07) is 4.87. The molecule has 1 atom stereocenters. The maximum Gasteiger partial charge on any atom is 0.240 e. The van der Waals surface area contributed by atoms with E-state index in [0.29, 0.717) is 17.5 Å². The molecule has 0 saturated heterocycles. The first-order valence-corrected chi connectivity index (χ1v) is 9.30. The van der Waals surface area contributed by atoms with Gasteiger partial charge in [0.2, 0.25) is 10.0 Å². The van der Waals surface area contributed by atoms with Gasteiger partial charge in [-0.25, -0.2) is 13.1 Å². The van der Waals surface area contributed by atoms with E-state index < -0.39 is 10.0 Å². The van der Waals surface area contributed by atoms with E-state index in [9.17, 15) is 8.42 Å². The summed E-state index contributed by atoms with van der Waals surface area (Å²) in [7, 11) is -3.49. The minimum Gasteiger partial charge on any atom is -0.313 e. The summed E-state index contributed by atoms with van der Waals surface area (Å²) in [6.07, 6.45) is 3.35. The average molecular weight is 331 g/mol. The van der Waals surface area contributed by atoms with Crippen LogP contribution in [0.15, 0.2) is 23.1 Å². The number of halogens is 1. The molecule has 0 amide bonds. The van der Waals surface area contributed by atoms with Gasteiger partial charge in [0.1, 0.15) is 0 Å². The molecule has 0 bridgehead atoms. The third kappa shape index (κ3) is 4.95.